The van der Waals surface area contributed by atoms with Gasteiger partial charge in [0.2, 0.25) is 16.0 Å². The average Bonchev–Trinajstić information content (AvgIpc) is 2.78. The Bertz CT molecular complexity index is 943. The first-order valence-electron chi connectivity index (χ1n) is 11.1. The van der Waals surface area contributed by atoms with Gasteiger partial charge in [-0.05, 0) is 47.5 Å². The van der Waals surface area contributed by atoms with E-state index in [4.69, 9.17) is 0 Å². The molecule has 1 heterocycles. The molecule has 2 aromatic rings. The van der Waals surface area contributed by atoms with Gasteiger partial charge in [-0.15, -0.1) is 0 Å². The van der Waals surface area contributed by atoms with Gasteiger partial charge in [-0.3, -0.25) is 0 Å². The van der Waals surface area contributed by atoms with Gasteiger partial charge < -0.3 is 15.7 Å². The Hall–Kier alpha value is -1.75. The Labute approximate surface area is 199 Å². The van der Waals surface area contributed by atoms with Crippen LogP contribution in [0.1, 0.15) is 58.8 Å². The number of nitrogens with zero attached hydrogens (tertiary/aromatic N) is 2. The number of aliphatic hydroxyl groups is 1. The minimum absolute atomic E-state index is 0.0367. The summed E-state index contributed by atoms with van der Waals surface area (Å²) < 4.78 is 28.7. The van der Waals surface area contributed by atoms with Crippen molar-refractivity contribution in [2.45, 2.75) is 69.7 Å². The zero-order chi connectivity index (χ0) is 23.4. The third kappa shape index (κ3) is 9.01. The number of halogens is 1. The van der Waals surface area contributed by atoms with Crippen molar-refractivity contribution < 1.29 is 13.5 Å². The Kier molecular flexibility index (Phi) is 11.4. The molecule has 0 amide bonds. The molecule has 0 aliphatic rings. The van der Waals surface area contributed by atoms with Crippen LogP contribution in [0.2, 0.25) is 0 Å². The maximum atomic E-state index is 12.7. The van der Waals surface area contributed by atoms with E-state index in [0.717, 1.165) is 19.3 Å². The predicted octanol–water partition coefficient (Wildman–Crippen LogP) is 4.80. The Morgan fingerprint density at radius 2 is 1.84 bits per heavy atom. The van der Waals surface area contributed by atoms with E-state index in [0.29, 0.717) is 28.5 Å². The average molecular weight is 529 g/mol. The molecule has 0 spiro atoms. The number of aliphatic hydroxyl groups excluding tert-OH is 1. The van der Waals surface area contributed by atoms with E-state index in [1.807, 2.05) is 6.92 Å². The van der Waals surface area contributed by atoms with Crippen molar-refractivity contribution in [3.63, 3.8) is 0 Å². The highest BCUT2D eigenvalue weighted by atomic mass is 79.9. The first-order chi connectivity index (χ1) is 15.4. The molecule has 8 nitrogen and oxygen atoms in total. The van der Waals surface area contributed by atoms with E-state index in [9.17, 15) is 13.5 Å². The van der Waals surface area contributed by atoms with Crippen molar-refractivity contribution in [1.82, 2.24) is 14.7 Å². The molecule has 178 valence electrons. The van der Waals surface area contributed by atoms with Crippen molar-refractivity contribution in [2.24, 2.45) is 0 Å². The zero-order valence-corrected chi connectivity index (χ0v) is 21.2. The number of sulfonamides is 1. The van der Waals surface area contributed by atoms with Crippen LogP contribution in [0.25, 0.3) is 0 Å². The number of anilines is 3. The molecule has 10 heteroatoms. The summed E-state index contributed by atoms with van der Waals surface area (Å²) in [6, 6.07) is 6.38. The van der Waals surface area contributed by atoms with Crippen LogP contribution in [0.3, 0.4) is 0 Å². The number of benzene rings is 1. The van der Waals surface area contributed by atoms with Gasteiger partial charge in [-0.1, -0.05) is 51.5 Å². The van der Waals surface area contributed by atoms with Crippen molar-refractivity contribution in [3.8, 4) is 0 Å². The summed E-state index contributed by atoms with van der Waals surface area (Å²) in [4.78, 5) is 8.80. The van der Waals surface area contributed by atoms with Crippen LogP contribution in [0.5, 0.6) is 0 Å². The predicted molar refractivity (Wildman–Crippen MR) is 133 cm³/mol. The number of nitrogens with one attached hydrogen (secondary N) is 3. The number of aromatic nitrogens is 2. The molecule has 0 unspecified atom stereocenters. The minimum atomic E-state index is -3.59. The quantitative estimate of drug-likeness (QED) is 0.245. The molecule has 0 aliphatic carbocycles. The fourth-order valence-corrected chi connectivity index (χ4v) is 4.47. The fourth-order valence-electron chi connectivity index (χ4n) is 3.05. The van der Waals surface area contributed by atoms with E-state index in [2.05, 4.69) is 48.2 Å². The lowest BCUT2D eigenvalue weighted by Crippen LogP contribution is -2.24. The van der Waals surface area contributed by atoms with E-state index >= 15 is 0 Å². The van der Waals surface area contributed by atoms with Gasteiger partial charge in [0.05, 0.1) is 16.0 Å². The van der Waals surface area contributed by atoms with Gasteiger partial charge in [-0.25, -0.2) is 18.1 Å². The second-order valence-corrected chi connectivity index (χ2v) is 10.4. The number of hydrogen-bond acceptors (Lipinski definition) is 7. The summed E-state index contributed by atoms with van der Waals surface area (Å²) >= 11 is 3.38. The second kappa shape index (κ2) is 13.7. The second-order valence-electron chi connectivity index (χ2n) is 7.79. The van der Waals surface area contributed by atoms with Gasteiger partial charge in [-0.2, -0.15) is 4.98 Å². The highest BCUT2D eigenvalue weighted by molar-refractivity contribution is 9.10. The third-order valence-corrected chi connectivity index (χ3v) is 6.91. The first-order valence-corrected chi connectivity index (χ1v) is 13.4. The van der Waals surface area contributed by atoms with E-state index in [-0.39, 0.29) is 17.5 Å². The largest absolute Gasteiger partial charge is 0.394 e. The molecule has 0 saturated heterocycles. The maximum Gasteiger partial charge on any atom is 0.240 e. The SMILES string of the molecule is CCCCCCCCCNS(=O)(=O)c1cccc(Nc2ncc(Br)c(N[C@H](C)CO)n2)c1. The molecule has 1 atom stereocenters. The molecular formula is C22H34BrN5O3S. The molecule has 32 heavy (non-hydrogen) atoms. The Morgan fingerprint density at radius 1 is 1.12 bits per heavy atom. The smallest absolute Gasteiger partial charge is 0.240 e. The third-order valence-electron chi connectivity index (χ3n) is 4.87. The normalized spacial score (nSPS) is 12.5. The minimum Gasteiger partial charge on any atom is -0.394 e. The summed E-state index contributed by atoms with van der Waals surface area (Å²) in [6.07, 6.45) is 9.54. The number of rotatable bonds is 15. The van der Waals surface area contributed by atoms with Crippen LogP contribution in [0, 0.1) is 0 Å². The summed E-state index contributed by atoms with van der Waals surface area (Å²) in [5.74, 6) is 0.843. The van der Waals surface area contributed by atoms with Crippen LogP contribution >= 0.6 is 15.9 Å². The molecular weight excluding hydrogens is 494 g/mol. The zero-order valence-electron chi connectivity index (χ0n) is 18.8. The van der Waals surface area contributed by atoms with E-state index in [1.165, 1.54) is 25.7 Å². The van der Waals surface area contributed by atoms with Crippen LogP contribution in [-0.4, -0.2) is 42.7 Å². The summed E-state index contributed by atoms with van der Waals surface area (Å²) in [7, 11) is -3.59. The van der Waals surface area contributed by atoms with E-state index in [1.54, 1.807) is 30.5 Å². The fraction of sp³-hybridized carbons (Fsp3) is 0.545. The summed E-state index contributed by atoms with van der Waals surface area (Å²) in [5.41, 5.74) is 0.562. The number of hydrogen-bond donors (Lipinski definition) is 4. The van der Waals surface area contributed by atoms with Crippen LogP contribution < -0.4 is 15.4 Å². The Balaban J connectivity index is 1.94. The lowest BCUT2D eigenvalue weighted by atomic mass is 10.1. The molecule has 0 aliphatic heterocycles. The van der Waals surface area contributed by atoms with Gasteiger partial charge in [0.25, 0.3) is 0 Å². The van der Waals surface area contributed by atoms with Crippen LogP contribution in [-0.2, 0) is 10.0 Å². The molecule has 0 saturated carbocycles. The van der Waals surface area contributed by atoms with Gasteiger partial charge in [0.15, 0.2) is 0 Å². The Morgan fingerprint density at radius 3 is 2.56 bits per heavy atom. The first kappa shape index (κ1) is 26.5. The summed E-state index contributed by atoms with van der Waals surface area (Å²) in [5, 5.41) is 15.3. The van der Waals surface area contributed by atoms with Crippen LogP contribution in [0.4, 0.5) is 17.5 Å². The van der Waals surface area contributed by atoms with Gasteiger partial charge in [0.1, 0.15) is 5.82 Å². The van der Waals surface area contributed by atoms with Crippen LogP contribution in [0.15, 0.2) is 39.8 Å². The molecule has 1 aromatic carbocycles. The topological polar surface area (TPSA) is 116 Å². The molecule has 0 bridgehead atoms. The molecule has 0 fully saturated rings. The molecule has 2 rings (SSSR count). The maximum absolute atomic E-state index is 12.7. The summed E-state index contributed by atoms with van der Waals surface area (Å²) in [6.45, 7) is 4.42. The standard InChI is InChI=1S/C22H34BrN5O3S/c1-3-4-5-6-7-8-9-13-25-32(30,31)19-12-10-11-18(14-19)27-22-24-15-20(23)21(28-22)26-17(2)16-29/h10-12,14-15,17,25,29H,3-9,13,16H2,1-2H3,(H2,24,26,27,28)/t17-/m1/s1. The van der Waals surface area contributed by atoms with Gasteiger partial charge in [0, 0.05) is 24.5 Å². The monoisotopic (exact) mass is 527 g/mol. The van der Waals surface area contributed by atoms with Gasteiger partial charge >= 0.3 is 0 Å². The van der Waals surface area contributed by atoms with Crippen molar-refractivity contribution >= 4 is 43.4 Å². The lowest BCUT2D eigenvalue weighted by Gasteiger charge is -2.14. The number of unbranched alkanes of at least 4 members (excludes halogenated alkanes) is 6. The highest BCUT2D eigenvalue weighted by Crippen LogP contribution is 2.23. The molecule has 1 aromatic heterocycles. The van der Waals surface area contributed by atoms with Crippen molar-refractivity contribution in [1.29, 1.82) is 0 Å². The lowest BCUT2D eigenvalue weighted by molar-refractivity contribution is 0.281. The van der Waals surface area contributed by atoms with E-state index < -0.39 is 10.0 Å². The molecule has 4 N–H and O–H groups in total. The van der Waals surface area contributed by atoms with Crippen molar-refractivity contribution in [2.75, 3.05) is 23.8 Å². The highest BCUT2D eigenvalue weighted by Gasteiger charge is 2.14. The molecule has 0 radical (unpaired) electrons. The van der Waals surface area contributed by atoms with Crippen molar-refractivity contribution in [3.05, 3.63) is 34.9 Å².